The topological polar surface area (TPSA) is 67.8 Å². The predicted molar refractivity (Wildman–Crippen MR) is 117 cm³/mol. The van der Waals surface area contributed by atoms with Crippen molar-refractivity contribution in [3.63, 3.8) is 0 Å². The van der Waals surface area contributed by atoms with Crippen LogP contribution in [0.4, 0.5) is 0 Å². The number of rotatable bonds is 5. The van der Waals surface area contributed by atoms with Crippen molar-refractivity contribution in [3.8, 4) is 11.3 Å². The summed E-state index contributed by atoms with van der Waals surface area (Å²) < 4.78 is 0. The molecule has 5 heteroatoms. The van der Waals surface area contributed by atoms with E-state index < -0.39 is 0 Å². The summed E-state index contributed by atoms with van der Waals surface area (Å²) in [5.74, 6) is 0.348. The normalized spacial score (nSPS) is 14.4. The number of benzene rings is 1. The molecule has 30 heavy (non-hydrogen) atoms. The van der Waals surface area contributed by atoms with Crippen molar-refractivity contribution in [2.75, 3.05) is 0 Å². The van der Waals surface area contributed by atoms with Crippen molar-refractivity contribution < 1.29 is 4.79 Å². The van der Waals surface area contributed by atoms with E-state index in [0.717, 1.165) is 46.3 Å². The van der Waals surface area contributed by atoms with Crippen LogP contribution in [0.25, 0.3) is 22.2 Å². The zero-order chi connectivity index (χ0) is 20.5. The number of pyridine rings is 3. The molecule has 0 aliphatic heterocycles. The monoisotopic (exact) mass is 394 g/mol. The van der Waals surface area contributed by atoms with Crippen molar-refractivity contribution in [1.82, 2.24) is 20.3 Å². The number of carbonyl (C=O) groups excluding carboxylic acids is 1. The fourth-order valence-corrected chi connectivity index (χ4v) is 3.92. The predicted octanol–water partition coefficient (Wildman–Crippen LogP) is 4.88. The lowest BCUT2D eigenvalue weighted by atomic mass is 10.0. The first-order chi connectivity index (χ1) is 14.7. The van der Waals surface area contributed by atoms with Crippen LogP contribution in [-0.2, 0) is 0 Å². The minimum absolute atomic E-state index is 0.0741. The number of carbonyl (C=O) groups is 1. The van der Waals surface area contributed by atoms with Crippen LogP contribution in [0.15, 0.2) is 73.2 Å². The number of nitrogens with one attached hydrogen (secondary N) is 1. The molecule has 1 N–H and O–H groups in total. The molecular formula is C25H22N4O. The zero-order valence-corrected chi connectivity index (χ0v) is 16.7. The van der Waals surface area contributed by atoms with E-state index in [1.54, 1.807) is 18.6 Å². The van der Waals surface area contributed by atoms with Crippen LogP contribution in [0.5, 0.6) is 0 Å². The number of hydrogen-bond donors (Lipinski definition) is 1. The van der Waals surface area contributed by atoms with Gasteiger partial charge in [0.05, 0.1) is 28.5 Å². The minimum atomic E-state index is -0.0918. The number of fused-ring (bicyclic) bond motifs is 1. The molecule has 1 aliphatic rings. The van der Waals surface area contributed by atoms with Gasteiger partial charge in [0.25, 0.3) is 5.91 Å². The Morgan fingerprint density at radius 3 is 2.60 bits per heavy atom. The van der Waals surface area contributed by atoms with Gasteiger partial charge in [-0.3, -0.25) is 14.8 Å². The van der Waals surface area contributed by atoms with Gasteiger partial charge in [-0.2, -0.15) is 0 Å². The van der Waals surface area contributed by atoms with E-state index in [-0.39, 0.29) is 11.9 Å². The first-order valence-electron chi connectivity index (χ1n) is 10.2. The van der Waals surface area contributed by atoms with E-state index >= 15 is 0 Å². The van der Waals surface area contributed by atoms with Crippen LogP contribution < -0.4 is 5.32 Å². The van der Waals surface area contributed by atoms with Gasteiger partial charge < -0.3 is 5.32 Å². The molecule has 1 aliphatic carbocycles. The highest BCUT2D eigenvalue weighted by Crippen LogP contribution is 2.41. The molecule has 3 aromatic heterocycles. The van der Waals surface area contributed by atoms with Crippen molar-refractivity contribution in [2.24, 2.45) is 5.92 Å². The van der Waals surface area contributed by atoms with Crippen LogP contribution in [0, 0.1) is 12.8 Å². The third kappa shape index (κ3) is 3.54. The largest absolute Gasteiger partial charge is 0.343 e. The van der Waals surface area contributed by atoms with E-state index in [1.165, 1.54) is 0 Å². The average Bonchev–Trinajstić information content (AvgIpc) is 3.63. The molecule has 0 spiro atoms. The van der Waals surface area contributed by atoms with Gasteiger partial charge in [-0.25, -0.2) is 4.98 Å². The summed E-state index contributed by atoms with van der Waals surface area (Å²) in [6.07, 6.45) is 7.49. The molecule has 148 valence electrons. The number of nitrogens with zero attached hydrogens (tertiary/aromatic N) is 3. The molecule has 4 aromatic rings. The number of hydrogen-bond acceptors (Lipinski definition) is 4. The third-order valence-corrected chi connectivity index (χ3v) is 5.66. The first-order valence-corrected chi connectivity index (χ1v) is 10.2. The Morgan fingerprint density at radius 1 is 1.03 bits per heavy atom. The number of para-hydroxylation sites is 1. The van der Waals surface area contributed by atoms with E-state index in [9.17, 15) is 4.79 Å². The maximum Gasteiger partial charge on any atom is 0.252 e. The Balaban J connectivity index is 1.56. The lowest BCUT2D eigenvalue weighted by Crippen LogP contribution is -2.31. The Bertz CT molecular complexity index is 1220. The van der Waals surface area contributed by atoms with Gasteiger partial charge in [0.2, 0.25) is 0 Å². The van der Waals surface area contributed by atoms with Gasteiger partial charge >= 0.3 is 0 Å². The SMILES string of the molecule is Cc1cccnc1[C@H](NC(=O)c1cc(-c2ccncc2)nc2ccccc12)C1CC1. The van der Waals surface area contributed by atoms with Crippen LogP contribution in [0.2, 0.25) is 0 Å². The molecule has 5 rings (SSSR count). The highest BCUT2D eigenvalue weighted by atomic mass is 16.1. The van der Waals surface area contributed by atoms with E-state index in [0.29, 0.717) is 11.5 Å². The highest BCUT2D eigenvalue weighted by molar-refractivity contribution is 6.07. The van der Waals surface area contributed by atoms with E-state index in [2.05, 4.69) is 15.3 Å². The second kappa shape index (κ2) is 7.67. The van der Waals surface area contributed by atoms with Crippen molar-refractivity contribution in [1.29, 1.82) is 0 Å². The number of amides is 1. The van der Waals surface area contributed by atoms with Gasteiger partial charge in [-0.05, 0) is 61.6 Å². The summed E-state index contributed by atoms with van der Waals surface area (Å²) in [6.45, 7) is 2.05. The summed E-state index contributed by atoms with van der Waals surface area (Å²) >= 11 is 0. The van der Waals surface area contributed by atoms with Crippen LogP contribution in [0.3, 0.4) is 0 Å². The average molecular weight is 394 g/mol. The molecule has 0 unspecified atom stereocenters. The van der Waals surface area contributed by atoms with E-state index in [1.807, 2.05) is 61.5 Å². The van der Waals surface area contributed by atoms with Crippen molar-refractivity contribution in [2.45, 2.75) is 25.8 Å². The smallest absolute Gasteiger partial charge is 0.252 e. The van der Waals surface area contributed by atoms with Gasteiger partial charge in [0, 0.05) is 29.5 Å². The summed E-state index contributed by atoms with van der Waals surface area (Å²) in [5, 5.41) is 4.13. The van der Waals surface area contributed by atoms with Crippen molar-refractivity contribution in [3.05, 3.63) is 90.0 Å². The second-order valence-corrected chi connectivity index (χ2v) is 7.80. The van der Waals surface area contributed by atoms with Gasteiger partial charge in [0.15, 0.2) is 0 Å². The van der Waals surface area contributed by atoms with Gasteiger partial charge in [-0.1, -0.05) is 24.3 Å². The Morgan fingerprint density at radius 2 is 1.83 bits per heavy atom. The Hall–Kier alpha value is -3.60. The molecule has 1 aromatic carbocycles. The molecule has 5 nitrogen and oxygen atoms in total. The molecule has 0 saturated heterocycles. The maximum atomic E-state index is 13.5. The van der Waals surface area contributed by atoms with Gasteiger partial charge in [-0.15, -0.1) is 0 Å². The lowest BCUT2D eigenvalue weighted by molar-refractivity contribution is 0.0932. The summed E-state index contributed by atoms with van der Waals surface area (Å²) in [7, 11) is 0. The molecule has 1 amide bonds. The quantitative estimate of drug-likeness (QED) is 0.524. The summed E-state index contributed by atoms with van der Waals surface area (Å²) in [6, 6.07) is 17.4. The fraction of sp³-hybridized carbons (Fsp3) is 0.200. The van der Waals surface area contributed by atoms with Crippen LogP contribution in [-0.4, -0.2) is 20.9 Å². The van der Waals surface area contributed by atoms with E-state index in [4.69, 9.17) is 4.98 Å². The Labute approximate surface area is 175 Å². The second-order valence-electron chi connectivity index (χ2n) is 7.80. The molecule has 1 atom stereocenters. The van der Waals surface area contributed by atoms with Crippen LogP contribution in [0.1, 0.15) is 40.5 Å². The number of aryl methyl sites for hydroxylation is 1. The summed E-state index contributed by atoms with van der Waals surface area (Å²) in [4.78, 5) is 26.9. The van der Waals surface area contributed by atoms with Crippen molar-refractivity contribution >= 4 is 16.8 Å². The molecular weight excluding hydrogens is 372 g/mol. The zero-order valence-electron chi connectivity index (χ0n) is 16.7. The molecule has 1 fully saturated rings. The molecule has 1 saturated carbocycles. The first kappa shape index (κ1) is 18.4. The van der Waals surface area contributed by atoms with Crippen LogP contribution >= 0.6 is 0 Å². The van der Waals surface area contributed by atoms with Gasteiger partial charge in [0.1, 0.15) is 0 Å². The molecule has 3 heterocycles. The Kier molecular flexibility index (Phi) is 4.71. The highest BCUT2D eigenvalue weighted by Gasteiger charge is 2.35. The third-order valence-electron chi connectivity index (χ3n) is 5.66. The number of aromatic nitrogens is 3. The maximum absolute atomic E-state index is 13.5. The summed E-state index contributed by atoms with van der Waals surface area (Å²) in [5.41, 5.74) is 5.19. The minimum Gasteiger partial charge on any atom is -0.343 e. The molecule has 0 bridgehead atoms. The molecule has 0 radical (unpaired) electrons. The fourth-order valence-electron chi connectivity index (χ4n) is 3.92. The lowest BCUT2D eigenvalue weighted by Gasteiger charge is -2.20. The standard InChI is InChI=1S/C25H22N4O/c1-16-5-4-12-27-23(16)24(18-8-9-18)29-25(30)20-15-22(17-10-13-26-14-11-17)28-21-7-3-2-6-19(20)21/h2-7,10-15,18,24H,8-9H2,1H3,(H,29,30)/t24-/m1/s1.